The van der Waals surface area contributed by atoms with Crippen LogP contribution in [0, 0.1) is 6.42 Å². The third-order valence-corrected chi connectivity index (χ3v) is 4.63. The van der Waals surface area contributed by atoms with E-state index in [2.05, 4.69) is 35.4 Å². The van der Waals surface area contributed by atoms with E-state index in [4.69, 9.17) is 5.73 Å². The normalized spacial score (nSPS) is 16.2. The van der Waals surface area contributed by atoms with Crippen LogP contribution in [0.3, 0.4) is 0 Å². The van der Waals surface area contributed by atoms with Crippen LogP contribution in [0.4, 0.5) is 0 Å². The lowest BCUT2D eigenvalue weighted by Gasteiger charge is -2.10. The largest absolute Gasteiger partial charge is 0.344 e. The van der Waals surface area contributed by atoms with Gasteiger partial charge >= 0.3 is 0 Å². The second-order valence-electron chi connectivity index (χ2n) is 4.86. The molecular weight excluding hydrogens is 240 g/mol. The predicted octanol–water partition coefficient (Wildman–Crippen LogP) is 3.53. The number of hydrogen-bond acceptors (Lipinski definition) is 2. The minimum absolute atomic E-state index is 0.0546. The summed E-state index contributed by atoms with van der Waals surface area (Å²) in [6.07, 6.45) is 6.63. The van der Waals surface area contributed by atoms with Gasteiger partial charge in [0.2, 0.25) is 0 Å². The van der Waals surface area contributed by atoms with E-state index in [0.717, 1.165) is 6.54 Å². The van der Waals surface area contributed by atoms with Crippen LogP contribution in [-0.4, -0.2) is 10.8 Å². The lowest BCUT2D eigenvalue weighted by atomic mass is 10.00. The Hall–Kier alpha value is -0.930. The summed E-state index contributed by atoms with van der Waals surface area (Å²) in [5, 5.41) is 1.35. The summed E-state index contributed by atoms with van der Waals surface area (Å²) < 4.78 is 2.46. The lowest BCUT2D eigenvalue weighted by Crippen LogP contribution is -2.11. The van der Waals surface area contributed by atoms with Gasteiger partial charge in [0, 0.05) is 34.1 Å². The summed E-state index contributed by atoms with van der Waals surface area (Å²) in [6, 6.07) is 6.81. The Morgan fingerprint density at radius 2 is 2.28 bits per heavy atom. The molecule has 0 aliphatic carbocycles. The van der Waals surface area contributed by atoms with Gasteiger partial charge < -0.3 is 10.3 Å². The van der Waals surface area contributed by atoms with Gasteiger partial charge in [-0.1, -0.05) is 6.92 Å². The summed E-state index contributed by atoms with van der Waals surface area (Å²) in [5.74, 6) is 0. The van der Waals surface area contributed by atoms with Crippen molar-refractivity contribution in [2.45, 2.75) is 37.2 Å². The highest BCUT2D eigenvalue weighted by Crippen LogP contribution is 2.36. The van der Waals surface area contributed by atoms with Crippen LogP contribution in [-0.2, 0) is 13.0 Å². The fraction of sp³-hybridized carbons (Fsp3) is 0.400. The number of nitrogens with zero attached hydrogens (tertiary/aromatic N) is 1. The lowest BCUT2D eigenvalue weighted by molar-refractivity contribution is 0.770. The molecule has 2 N–H and O–H groups in total. The van der Waals surface area contributed by atoms with Crippen molar-refractivity contribution in [1.29, 1.82) is 0 Å². The van der Waals surface area contributed by atoms with E-state index in [0.29, 0.717) is 0 Å². The molecule has 0 fully saturated rings. The van der Waals surface area contributed by atoms with E-state index in [1.807, 2.05) is 6.92 Å². The first kappa shape index (κ1) is 12.1. The first-order valence-electron chi connectivity index (χ1n) is 6.50. The van der Waals surface area contributed by atoms with Crippen LogP contribution in [0.1, 0.15) is 30.6 Å². The summed E-state index contributed by atoms with van der Waals surface area (Å²) >= 11 is 1.79. The number of aryl methyl sites for hydroxylation is 1. The quantitative estimate of drug-likeness (QED) is 0.855. The van der Waals surface area contributed by atoms with Gasteiger partial charge in [0.05, 0.1) is 0 Å². The van der Waals surface area contributed by atoms with Crippen LogP contribution in [0.2, 0.25) is 0 Å². The average Bonchev–Trinajstić information content (AvgIpc) is 2.97. The zero-order valence-corrected chi connectivity index (χ0v) is 11.8. The van der Waals surface area contributed by atoms with Gasteiger partial charge in [0.25, 0.3) is 0 Å². The van der Waals surface area contributed by atoms with Crippen molar-refractivity contribution in [3.63, 3.8) is 0 Å². The smallest absolute Gasteiger partial charge is 0.0486 e. The third kappa shape index (κ3) is 1.69. The highest BCUT2D eigenvalue weighted by atomic mass is 32.2. The molecule has 3 rings (SSSR count). The highest BCUT2D eigenvalue weighted by Gasteiger charge is 2.24. The molecule has 1 aliphatic heterocycles. The fourth-order valence-electron chi connectivity index (χ4n) is 3.01. The van der Waals surface area contributed by atoms with Gasteiger partial charge in [-0.15, -0.1) is 11.8 Å². The number of rotatable bonds is 3. The van der Waals surface area contributed by atoms with Crippen LogP contribution in [0.5, 0.6) is 0 Å². The molecule has 1 aromatic carbocycles. The molecule has 1 aromatic heterocycles. The van der Waals surface area contributed by atoms with Crippen molar-refractivity contribution in [3.05, 3.63) is 35.9 Å². The van der Waals surface area contributed by atoms with E-state index in [1.165, 1.54) is 39.9 Å². The molecule has 2 aromatic rings. The number of benzene rings is 1. The SMILES string of the molecule is C[CH]C(N)c1c2n(c3ccc(SC)cc13)CCC2. The number of thioether (sulfide) groups is 1. The molecule has 1 unspecified atom stereocenters. The maximum atomic E-state index is 6.29. The monoisotopic (exact) mass is 259 g/mol. The Kier molecular flexibility index (Phi) is 3.12. The molecular formula is C15H19N2S. The highest BCUT2D eigenvalue weighted by molar-refractivity contribution is 7.98. The van der Waals surface area contributed by atoms with Crippen molar-refractivity contribution in [3.8, 4) is 0 Å². The maximum Gasteiger partial charge on any atom is 0.0486 e. The van der Waals surface area contributed by atoms with E-state index >= 15 is 0 Å². The molecule has 0 bridgehead atoms. The predicted molar refractivity (Wildman–Crippen MR) is 78.9 cm³/mol. The molecule has 1 radical (unpaired) electrons. The van der Waals surface area contributed by atoms with E-state index in [1.54, 1.807) is 11.8 Å². The van der Waals surface area contributed by atoms with Crippen molar-refractivity contribution in [2.24, 2.45) is 5.73 Å². The van der Waals surface area contributed by atoms with E-state index in [-0.39, 0.29) is 6.04 Å². The molecule has 1 atom stereocenters. The molecule has 3 heteroatoms. The Bertz CT molecular complexity index is 586. The van der Waals surface area contributed by atoms with Crippen molar-refractivity contribution >= 4 is 22.7 Å². The van der Waals surface area contributed by atoms with Gasteiger partial charge in [-0.25, -0.2) is 0 Å². The van der Waals surface area contributed by atoms with Crippen molar-refractivity contribution in [2.75, 3.05) is 6.26 Å². The third-order valence-electron chi connectivity index (χ3n) is 3.91. The van der Waals surface area contributed by atoms with Crippen molar-refractivity contribution < 1.29 is 0 Å². The molecule has 2 heterocycles. The number of fused-ring (bicyclic) bond motifs is 3. The van der Waals surface area contributed by atoms with E-state index < -0.39 is 0 Å². The van der Waals surface area contributed by atoms with Gasteiger partial charge in [0.1, 0.15) is 0 Å². The Morgan fingerprint density at radius 3 is 3.00 bits per heavy atom. The Balaban J connectivity index is 2.29. The van der Waals surface area contributed by atoms with E-state index in [9.17, 15) is 0 Å². The number of aromatic nitrogens is 1. The van der Waals surface area contributed by atoms with Gasteiger partial charge in [-0.2, -0.15) is 0 Å². The summed E-state index contributed by atoms with van der Waals surface area (Å²) in [4.78, 5) is 1.32. The minimum atomic E-state index is 0.0546. The van der Waals surface area contributed by atoms with Crippen LogP contribution < -0.4 is 5.73 Å². The molecule has 2 nitrogen and oxygen atoms in total. The molecule has 0 spiro atoms. The first-order valence-corrected chi connectivity index (χ1v) is 7.72. The summed E-state index contributed by atoms with van der Waals surface area (Å²) in [7, 11) is 0. The number of hydrogen-bond donors (Lipinski definition) is 1. The Labute approximate surface area is 113 Å². The fourth-order valence-corrected chi connectivity index (χ4v) is 3.45. The zero-order chi connectivity index (χ0) is 12.7. The molecule has 0 saturated carbocycles. The molecule has 18 heavy (non-hydrogen) atoms. The van der Waals surface area contributed by atoms with Crippen LogP contribution >= 0.6 is 11.8 Å². The summed E-state index contributed by atoms with van der Waals surface area (Å²) in [6.45, 7) is 3.19. The van der Waals surface area contributed by atoms with Gasteiger partial charge in [-0.05, 0) is 49.3 Å². The number of nitrogens with two attached hydrogens (primary N) is 1. The first-order chi connectivity index (χ1) is 8.76. The molecule has 0 amide bonds. The average molecular weight is 259 g/mol. The second kappa shape index (κ2) is 4.63. The second-order valence-corrected chi connectivity index (χ2v) is 5.74. The van der Waals surface area contributed by atoms with Crippen molar-refractivity contribution in [1.82, 2.24) is 4.57 Å². The molecule has 95 valence electrons. The summed E-state index contributed by atoms with van der Waals surface area (Å²) in [5.41, 5.74) is 10.4. The maximum absolute atomic E-state index is 6.29. The minimum Gasteiger partial charge on any atom is -0.344 e. The molecule has 0 saturated heterocycles. The zero-order valence-electron chi connectivity index (χ0n) is 10.9. The van der Waals surface area contributed by atoms with Crippen LogP contribution in [0.15, 0.2) is 23.1 Å². The standard InChI is InChI=1S/C15H19N2S/c1-3-12(16)15-11-9-10(18-2)6-7-13(11)17-8-4-5-14(15)17/h3,6-7,9,12H,4-5,8,16H2,1-2H3. The molecule has 1 aliphatic rings. The van der Waals surface area contributed by atoms with Gasteiger partial charge in [0.15, 0.2) is 0 Å². The topological polar surface area (TPSA) is 30.9 Å². The van der Waals surface area contributed by atoms with Crippen LogP contribution in [0.25, 0.3) is 10.9 Å². The Morgan fingerprint density at radius 1 is 1.44 bits per heavy atom. The van der Waals surface area contributed by atoms with Gasteiger partial charge in [-0.3, -0.25) is 0 Å².